The number of H-pyrrole nitrogens is 1. The smallest absolute Gasteiger partial charge is 0.143 e. The van der Waals surface area contributed by atoms with Crippen LogP contribution in [0.5, 0.6) is 0 Å². The molecule has 0 fully saturated rings. The van der Waals surface area contributed by atoms with Crippen molar-refractivity contribution in [3.63, 3.8) is 0 Å². The summed E-state index contributed by atoms with van der Waals surface area (Å²) in [6.07, 6.45) is 0.501. The van der Waals surface area contributed by atoms with Gasteiger partial charge in [0.05, 0.1) is 12.0 Å². The first-order valence-corrected chi connectivity index (χ1v) is 5.51. The molecular formula is C12H12N4O2. The maximum Gasteiger partial charge on any atom is 0.143 e. The number of nitrogen functional groups attached to an aromatic ring is 1. The van der Waals surface area contributed by atoms with Gasteiger partial charge in [-0.1, -0.05) is 6.07 Å². The van der Waals surface area contributed by atoms with Crippen LogP contribution >= 0.6 is 0 Å². The van der Waals surface area contributed by atoms with Gasteiger partial charge in [-0.15, -0.1) is 0 Å². The summed E-state index contributed by atoms with van der Waals surface area (Å²) < 4.78 is 0. The molecule has 92 valence electrons. The first-order chi connectivity index (χ1) is 8.70. The van der Waals surface area contributed by atoms with Gasteiger partial charge in [-0.3, -0.25) is 0 Å². The van der Waals surface area contributed by atoms with E-state index < -0.39 is 6.10 Å². The van der Waals surface area contributed by atoms with E-state index in [-0.39, 0.29) is 6.61 Å². The molecule has 6 heteroatoms. The number of hydrogen-bond donors (Lipinski definition) is 4. The maximum atomic E-state index is 9.64. The summed E-state index contributed by atoms with van der Waals surface area (Å²) in [6, 6.07) is 5.36. The number of hydrogen-bond acceptors (Lipinski definition) is 5. The maximum absolute atomic E-state index is 9.64. The molecule has 0 aliphatic rings. The van der Waals surface area contributed by atoms with E-state index >= 15 is 0 Å². The first kappa shape index (κ1) is 10.9. The Morgan fingerprint density at radius 3 is 2.94 bits per heavy atom. The molecular weight excluding hydrogens is 232 g/mol. The summed E-state index contributed by atoms with van der Waals surface area (Å²) in [5, 5.41) is 20.2. The van der Waals surface area contributed by atoms with Gasteiger partial charge in [-0.2, -0.15) is 0 Å². The average Bonchev–Trinajstić information content (AvgIpc) is 2.76. The molecule has 0 saturated carbocycles. The third-order valence-electron chi connectivity index (χ3n) is 3.00. The van der Waals surface area contributed by atoms with Crippen LogP contribution in [0.1, 0.15) is 11.7 Å². The van der Waals surface area contributed by atoms with Crippen LogP contribution in [0.2, 0.25) is 0 Å². The van der Waals surface area contributed by atoms with E-state index in [9.17, 15) is 5.11 Å². The predicted molar refractivity (Wildman–Crippen MR) is 67.9 cm³/mol. The lowest BCUT2D eigenvalue weighted by atomic mass is 10.1. The van der Waals surface area contributed by atoms with Crippen LogP contribution in [0.3, 0.4) is 0 Å². The van der Waals surface area contributed by atoms with E-state index in [0.717, 1.165) is 16.3 Å². The third-order valence-corrected chi connectivity index (χ3v) is 3.00. The molecule has 0 bridgehead atoms. The molecule has 0 radical (unpaired) electrons. The summed E-state index contributed by atoms with van der Waals surface area (Å²) >= 11 is 0. The number of aromatic amines is 1. The van der Waals surface area contributed by atoms with Crippen molar-refractivity contribution in [2.75, 3.05) is 12.3 Å². The van der Waals surface area contributed by atoms with E-state index in [4.69, 9.17) is 10.8 Å². The van der Waals surface area contributed by atoms with Crippen molar-refractivity contribution < 1.29 is 10.2 Å². The zero-order valence-electron chi connectivity index (χ0n) is 9.46. The highest BCUT2D eigenvalue weighted by molar-refractivity contribution is 6.10. The lowest BCUT2D eigenvalue weighted by molar-refractivity contribution is 0.0957. The molecule has 0 spiro atoms. The van der Waals surface area contributed by atoms with Crippen molar-refractivity contribution in [2.24, 2.45) is 0 Å². The number of aromatic nitrogens is 3. The van der Waals surface area contributed by atoms with Crippen molar-refractivity contribution in [1.82, 2.24) is 15.0 Å². The first-order valence-electron chi connectivity index (χ1n) is 5.51. The fourth-order valence-corrected chi connectivity index (χ4v) is 2.08. The third kappa shape index (κ3) is 1.51. The average molecular weight is 244 g/mol. The number of nitrogens with one attached hydrogen (secondary N) is 1. The van der Waals surface area contributed by atoms with E-state index in [1.54, 1.807) is 12.1 Å². The van der Waals surface area contributed by atoms with Gasteiger partial charge in [0.25, 0.3) is 0 Å². The predicted octanol–water partition coefficient (Wildman–Crippen LogP) is 0.719. The Kier molecular flexibility index (Phi) is 2.39. The molecule has 2 heterocycles. The second-order valence-electron chi connectivity index (χ2n) is 4.11. The monoisotopic (exact) mass is 244 g/mol. The van der Waals surface area contributed by atoms with Gasteiger partial charge in [0.1, 0.15) is 23.9 Å². The molecule has 5 N–H and O–H groups in total. The van der Waals surface area contributed by atoms with E-state index in [1.807, 2.05) is 6.07 Å². The minimum absolute atomic E-state index is 0.320. The molecule has 1 unspecified atom stereocenters. The summed E-state index contributed by atoms with van der Waals surface area (Å²) in [7, 11) is 0. The zero-order chi connectivity index (χ0) is 12.7. The second-order valence-corrected chi connectivity index (χ2v) is 4.11. The largest absolute Gasteiger partial charge is 0.393 e. The highest BCUT2D eigenvalue weighted by atomic mass is 16.3. The minimum atomic E-state index is -0.898. The van der Waals surface area contributed by atoms with Gasteiger partial charge in [0.2, 0.25) is 0 Å². The number of rotatable bonds is 2. The molecule has 1 aromatic carbocycles. The van der Waals surface area contributed by atoms with Gasteiger partial charge in [-0.05, 0) is 17.7 Å². The Balaban J connectivity index is 2.35. The summed E-state index contributed by atoms with van der Waals surface area (Å²) in [4.78, 5) is 11.2. The van der Waals surface area contributed by atoms with Crippen LogP contribution in [-0.2, 0) is 0 Å². The van der Waals surface area contributed by atoms with E-state index in [0.29, 0.717) is 17.0 Å². The number of nitrogens with zero attached hydrogens (tertiary/aromatic N) is 2. The Bertz CT molecular complexity index is 722. The van der Waals surface area contributed by atoms with Crippen LogP contribution in [0, 0.1) is 0 Å². The number of fused-ring (bicyclic) bond motifs is 3. The fourth-order valence-electron chi connectivity index (χ4n) is 2.08. The normalized spacial score (nSPS) is 13.2. The second kappa shape index (κ2) is 3.94. The Hall–Kier alpha value is -2.18. The van der Waals surface area contributed by atoms with Gasteiger partial charge in [0, 0.05) is 10.9 Å². The minimum Gasteiger partial charge on any atom is -0.393 e. The van der Waals surface area contributed by atoms with Crippen LogP contribution in [0.25, 0.3) is 21.9 Å². The Morgan fingerprint density at radius 1 is 1.33 bits per heavy atom. The number of nitrogens with two attached hydrogens (primary N) is 1. The van der Waals surface area contributed by atoms with Crippen LogP contribution in [-0.4, -0.2) is 31.8 Å². The van der Waals surface area contributed by atoms with Crippen LogP contribution in [0.15, 0.2) is 24.5 Å². The van der Waals surface area contributed by atoms with Crippen molar-refractivity contribution in [1.29, 1.82) is 0 Å². The highest BCUT2D eigenvalue weighted by Gasteiger charge is 2.12. The lowest BCUT2D eigenvalue weighted by Gasteiger charge is -2.07. The Morgan fingerprint density at radius 2 is 2.17 bits per heavy atom. The standard InChI is InChI=1S/C12H12N4O2/c13-11-10-7-3-6(9(18)4-17)1-2-8(7)16-12(10)15-5-14-11/h1-3,5,9,17-18H,4H2,(H3,13,14,15,16). The lowest BCUT2D eigenvalue weighted by Crippen LogP contribution is -2.01. The Labute approximate surface area is 102 Å². The number of benzene rings is 1. The molecule has 3 aromatic rings. The zero-order valence-corrected chi connectivity index (χ0v) is 9.46. The topological polar surface area (TPSA) is 108 Å². The number of anilines is 1. The highest BCUT2D eigenvalue weighted by Crippen LogP contribution is 2.29. The van der Waals surface area contributed by atoms with Gasteiger partial charge >= 0.3 is 0 Å². The van der Waals surface area contributed by atoms with Crippen molar-refractivity contribution in [2.45, 2.75) is 6.10 Å². The molecule has 1 atom stereocenters. The molecule has 0 saturated heterocycles. The number of aliphatic hydroxyl groups excluding tert-OH is 2. The SMILES string of the molecule is Nc1ncnc2[nH]c3ccc(C(O)CO)cc3c12. The molecule has 6 nitrogen and oxygen atoms in total. The van der Waals surface area contributed by atoms with Gasteiger partial charge in [-0.25, -0.2) is 9.97 Å². The molecule has 0 aliphatic carbocycles. The van der Waals surface area contributed by atoms with Crippen LogP contribution < -0.4 is 5.73 Å². The molecule has 3 rings (SSSR count). The molecule has 2 aromatic heterocycles. The van der Waals surface area contributed by atoms with Gasteiger partial charge < -0.3 is 20.9 Å². The van der Waals surface area contributed by atoms with Crippen molar-refractivity contribution >= 4 is 27.8 Å². The van der Waals surface area contributed by atoms with Gasteiger partial charge in [0.15, 0.2) is 0 Å². The molecule has 18 heavy (non-hydrogen) atoms. The van der Waals surface area contributed by atoms with E-state index in [1.165, 1.54) is 6.33 Å². The molecule has 0 aliphatic heterocycles. The summed E-state index contributed by atoms with van der Waals surface area (Å²) in [5.41, 5.74) is 8.00. The number of aliphatic hydroxyl groups is 2. The molecule has 0 amide bonds. The quantitative estimate of drug-likeness (QED) is 0.531. The van der Waals surface area contributed by atoms with E-state index in [2.05, 4.69) is 15.0 Å². The van der Waals surface area contributed by atoms with Crippen LogP contribution in [0.4, 0.5) is 5.82 Å². The summed E-state index contributed by atoms with van der Waals surface area (Å²) in [5.74, 6) is 0.391. The van der Waals surface area contributed by atoms with Crippen molar-refractivity contribution in [3.8, 4) is 0 Å². The summed E-state index contributed by atoms with van der Waals surface area (Å²) in [6.45, 7) is -0.320. The fraction of sp³-hybridized carbons (Fsp3) is 0.167. The van der Waals surface area contributed by atoms with Crippen molar-refractivity contribution in [3.05, 3.63) is 30.1 Å².